The van der Waals surface area contributed by atoms with Crippen LogP contribution in [0.15, 0.2) is 72.8 Å². The molecule has 3 aromatic rings. The van der Waals surface area contributed by atoms with Gasteiger partial charge in [-0.15, -0.1) is 0 Å². The zero-order valence-corrected chi connectivity index (χ0v) is 18.3. The predicted octanol–water partition coefficient (Wildman–Crippen LogP) is 3.44. The molecule has 2 aliphatic heterocycles. The van der Waals surface area contributed by atoms with Gasteiger partial charge in [0.25, 0.3) is 5.91 Å². The number of hydrogen-bond acceptors (Lipinski definition) is 3. The molecule has 0 unspecified atom stereocenters. The summed E-state index contributed by atoms with van der Waals surface area (Å²) in [5.41, 5.74) is 2.00. The van der Waals surface area contributed by atoms with Crippen molar-refractivity contribution in [1.82, 2.24) is 14.7 Å². The van der Waals surface area contributed by atoms with Crippen molar-refractivity contribution in [3.63, 3.8) is 0 Å². The monoisotopic (exact) mass is 427 g/mol. The van der Waals surface area contributed by atoms with E-state index >= 15 is 0 Å². The molecule has 2 amide bonds. The second-order valence-corrected chi connectivity index (χ2v) is 8.79. The Hall–Kier alpha value is -3.18. The van der Waals surface area contributed by atoms with Gasteiger partial charge in [0.1, 0.15) is 0 Å². The van der Waals surface area contributed by atoms with Gasteiger partial charge in [0, 0.05) is 57.3 Å². The first-order valence-corrected chi connectivity index (χ1v) is 11.5. The lowest BCUT2D eigenvalue weighted by molar-refractivity contribution is -0.139. The van der Waals surface area contributed by atoms with Gasteiger partial charge in [-0.3, -0.25) is 14.5 Å². The van der Waals surface area contributed by atoms with Crippen molar-refractivity contribution in [1.29, 1.82) is 0 Å². The summed E-state index contributed by atoms with van der Waals surface area (Å²) in [6.45, 7) is 4.86. The summed E-state index contributed by atoms with van der Waals surface area (Å²) in [5, 5.41) is 2.47. The van der Waals surface area contributed by atoms with E-state index in [-0.39, 0.29) is 11.8 Å². The number of piperazine rings is 1. The lowest BCUT2D eigenvalue weighted by atomic mass is 9.99. The molecule has 3 aromatic carbocycles. The number of nitrogens with zero attached hydrogens (tertiary/aromatic N) is 3. The van der Waals surface area contributed by atoms with Crippen molar-refractivity contribution < 1.29 is 9.59 Å². The average Bonchev–Trinajstić information content (AvgIpc) is 2.82. The first kappa shape index (κ1) is 20.7. The molecule has 0 atom stereocenters. The molecule has 5 heteroatoms. The smallest absolute Gasteiger partial charge is 0.253 e. The molecule has 164 valence electrons. The Morgan fingerprint density at radius 2 is 1.44 bits per heavy atom. The van der Waals surface area contributed by atoms with E-state index in [9.17, 15) is 9.59 Å². The number of fused-ring (bicyclic) bond motifs is 1. The molecular weight excluding hydrogens is 398 g/mol. The lowest BCUT2D eigenvalue weighted by Gasteiger charge is -2.48. The van der Waals surface area contributed by atoms with E-state index in [4.69, 9.17) is 0 Å². The van der Waals surface area contributed by atoms with Gasteiger partial charge in [-0.1, -0.05) is 60.7 Å². The van der Waals surface area contributed by atoms with Crippen LogP contribution >= 0.6 is 0 Å². The maximum Gasteiger partial charge on any atom is 0.253 e. The molecule has 0 bridgehead atoms. The summed E-state index contributed by atoms with van der Waals surface area (Å²) < 4.78 is 0. The summed E-state index contributed by atoms with van der Waals surface area (Å²) in [4.78, 5) is 31.7. The number of carbonyl (C=O) groups excluding carboxylic acids is 2. The number of benzene rings is 3. The highest BCUT2D eigenvalue weighted by molar-refractivity contribution is 5.94. The summed E-state index contributed by atoms with van der Waals surface area (Å²) in [6, 6.07) is 24.6. The topological polar surface area (TPSA) is 43.9 Å². The van der Waals surface area contributed by atoms with Gasteiger partial charge in [-0.25, -0.2) is 0 Å². The highest BCUT2D eigenvalue weighted by atomic mass is 16.2. The third kappa shape index (κ3) is 4.26. The summed E-state index contributed by atoms with van der Waals surface area (Å²) >= 11 is 0. The number of carbonyl (C=O) groups is 2. The van der Waals surface area contributed by atoms with Crippen molar-refractivity contribution in [2.24, 2.45) is 0 Å². The van der Waals surface area contributed by atoms with Crippen molar-refractivity contribution in [2.75, 3.05) is 39.3 Å². The normalized spacial score (nSPS) is 17.4. The van der Waals surface area contributed by atoms with Gasteiger partial charge in [0.2, 0.25) is 5.91 Å². The van der Waals surface area contributed by atoms with Crippen molar-refractivity contribution in [3.8, 4) is 0 Å². The van der Waals surface area contributed by atoms with E-state index < -0.39 is 0 Å². The van der Waals surface area contributed by atoms with Gasteiger partial charge in [0.15, 0.2) is 0 Å². The van der Waals surface area contributed by atoms with Crippen LogP contribution in [0.3, 0.4) is 0 Å². The van der Waals surface area contributed by atoms with E-state index in [0.717, 1.165) is 51.3 Å². The molecule has 5 nitrogen and oxygen atoms in total. The fraction of sp³-hybridized carbons (Fsp3) is 0.333. The van der Waals surface area contributed by atoms with E-state index in [1.54, 1.807) is 0 Å². The molecule has 0 aromatic heterocycles. The van der Waals surface area contributed by atoms with Crippen LogP contribution in [0.25, 0.3) is 10.8 Å². The van der Waals surface area contributed by atoms with Gasteiger partial charge >= 0.3 is 0 Å². The molecule has 32 heavy (non-hydrogen) atoms. The minimum absolute atomic E-state index is 0.115. The predicted molar refractivity (Wildman–Crippen MR) is 127 cm³/mol. The van der Waals surface area contributed by atoms with Crippen molar-refractivity contribution in [2.45, 2.75) is 18.9 Å². The average molecular weight is 428 g/mol. The fourth-order valence-electron chi connectivity index (χ4n) is 4.85. The standard InChI is InChI=1S/C27H29N3O2/c31-26(14-13-22-11-6-10-21-7-4-5-12-25(21)22)30-19-24(20-30)28-15-17-29(18-16-28)27(32)23-8-2-1-3-9-23/h1-12,24H,13-20H2. The SMILES string of the molecule is O=C(CCc1cccc2ccccc12)N1CC(N2CCN(C(=O)c3ccccc3)CC2)C1. The van der Waals surface area contributed by atoms with E-state index in [0.29, 0.717) is 12.5 Å². The van der Waals surface area contributed by atoms with Crippen LogP contribution in [-0.2, 0) is 11.2 Å². The van der Waals surface area contributed by atoms with Gasteiger partial charge in [-0.2, -0.15) is 0 Å². The minimum atomic E-state index is 0.115. The molecule has 0 aliphatic carbocycles. The number of likely N-dealkylation sites (tertiary alicyclic amines) is 1. The molecule has 0 spiro atoms. The molecule has 0 radical (unpaired) electrons. The van der Waals surface area contributed by atoms with Crippen LogP contribution in [0.1, 0.15) is 22.3 Å². The molecule has 2 fully saturated rings. The number of aryl methyl sites for hydroxylation is 1. The maximum atomic E-state index is 12.7. The molecule has 0 N–H and O–H groups in total. The minimum Gasteiger partial charge on any atom is -0.339 e. The molecule has 2 aliphatic rings. The molecule has 0 saturated carbocycles. The lowest BCUT2D eigenvalue weighted by Crippen LogP contribution is -2.64. The Morgan fingerprint density at radius 3 is 2.22 bits per heavy atom. The zero-order valence-electron chi connectivity index (χ0n) is 18.3. The Labute approximate surface area is 189 Å². The van der Waals surface area contributed by atoms with Crippen LogP contribution in [0.5, 0.6) is 0 Å². The summed E-state index contributed by atoms with van der Waals surface area (Å²) in [7, 11) is 0. The highest BCUT2D eigenvalue weighted by Crippen LogP contribution is 2.22. The third-order valence-corrected chi connectivity index (χ3v) is 6.84. The van der Waals surface area contributed by atoms with Crippen LogP contribution in [-0.4, -0.2) is 71.8 Å². The summed E-state index contributed by atoms with van der Waals surface area (Å²) in [5.74, 6) is 0.358. The number of amides is 2. The quantitative estimate of drug-likeness (QED) is 0.627. The van der Waals surface area contributed by atoms with E-state index in [1.807, 2.05) is 40.1 Å². The molecule has 2 heterocycles. The van der Waals surface area contributed by atoms with Gasteiger partial charge < -0.3 is 9.80 Å². The Kier molecular flexibility index (Phi) is 5.91. The molecule has 2 saturated heterocycles. The Balaban J connectivity index is 1.08. The summed E-state index contributed by atoms with van der Waals surface area (Å²) in [6.07, 6.45) is 1.34. The second-order valence-electron chi connectivity index (χ2n) is 8.79. The van der Waals surface area contributed by atoms with Crippen LogP contribution in [0.4, 0.5) is 0 Å². The molecular formula is C27H29N3O2. The Morgan fingerprint density at radius 1 is 0.750 bits per heavy atom. The van der Waals surface area contributed by atoms with Crippen LogP contribution < -0.4 is 0 Å². The number of rotatable bonds is 5. The first-order valence-electron chi connectivity index (χ1n) is 11.5. The van der Waals surface area contributed by atoms with Crippen molar-refractivity contribution >= 4 is 22.6 Å². The van der Waals surface area contributed by atoms with Crippen molar-refractivity contribution in [3.05, 3.63) is 83.9 Å². The second kappa shape index (κ2) is 9.13. The van der Waals surface area contributed by atoms with E-state index in [2.05, 4.69) is 47.4 Å². The zero-order chi connectivity index (χ0) is 21.9. The van der Waals surface area contributed by atoms with Crippen LogP contribution in [0.2, 0.25) is 0 Å². The first-order chi connectivity index (χ1) is 15.7. The number of hydrogen-bond donors (Lipinski definition) is 0. The largest absolute Gasteiger partial charge is 0.339 e. The third-order valence-electron chi connectivity index (χ3n) is 6.84. The highest BCUT2D eigenvalue weighted by Gasteiger charge is 2.36. The van der Waals surface area contributed by atoms with Gasteiger partial charge in [0.05, 0.1) is 0 Å². The van der Waals surface area contributed by atoms with E-state index in [1.165, 1.54) is 16.3 Å². The molecule has 5 rings (SSSR count). The van der Waals surface area contributed by atoms with Gasteiger partial charge in [-0.05, 0) is 34.9 Å². The Bertz CT molecular complexity index is 1090. The fourth-order valence-corrected chi connectivity index (χ4v) is 4.85. The van der Waals surface area contributed by atoms with Crippen LogP contribution in [0, 0.1) is 0 Å². The maximum absolute atomic E-state index is 12.7.